The second-order valence-electron chi connectivity index (χ2n) is 4.00. The molecule has 1 fully saturated rings. The van der Waals surface area contributed by atoms with Crippen molar-refractivity contribution in [2.24, 2.45) is 0 Å². The van der Waals surface area contributed by atoms with Crippen molar-refractivity contribution in [2.75, 3.05) is 13.1 Å². The predicted molar refractivity (Wildman–Crippen MR) is 63.1 cm³/mol. The van der Waals surface area contributed by atoms with Crippen molar-refractivity contribution in [3.8, 4) is 0 Å². The van der Waals surface area contributed by atoms with E-state index in [0.717, 1.165) is 0 Å². The summed E-state index contributed by atoms with van der Waals surface area (Å²) in [4.78, 5) is 22.0. The second-order valence-corrected chi connectivity index (χ2v) is 4.00. The van der Waals surface area contributed by atoms with Gasteiger partial charge in [-0.1, -0.05) is 30.3 Å². The van der Waals surface area contributed by atoms with Crippen LogP contribution in [-0.4, -0.2) is 36.4 Å². The number of ether oxygens (including phenoxy) is 1. The van der Waals surface area contributed by atoms with Crippen molar-refractivity contribution < 1.29 is 19.4 Å². The van der Waals surface area contributed by atoms with E-state index in [9.17, 15) is 9.59 Å². The molecule has 6 nitrogen and oxygen atoms in total. The van der Waals surface area contributed by atoms with Crippen LogP contribution >= 0.6 is 0 Å². The molecular formula is C12H14N2O4. The fraction of sp³-hybridized carbons (Fsp3) is 0.333. The summed E-state index contributed by atoms with van der Waals surface area (Å²) in [5.41, 5.74) is 0.669. The number of cyclic esters (lactones) is 1. The largest absolute Gasteiger partial charge is 0.480 e. The van der Waals surface area contributed by atoms with Crippen molar-refractivity contribution in [3.63, 3.8) is 0 Å². The number of carbonyl (C=O) groups is 2. The summed E-state index contributed by atoms with van der Waals surface area (Å²) in [5, 5.41) is 14.6. The van der Waals surface area contributed by atoms with E-state index in [-0.39, 0.29) is 6.10 Å². The molecule has 6 heteroatoms. The van der Waals surface area contributed by atoms with Gasteiger partial charge in [0.05, 0.1) is 6.54 Å². The molecule has 96 valence electrons. The lowest BCUT2D eigenvalue weighted by Crippen LogP contribution is -2.36. The van der Waals surface area contributed by atoms with Crippen molar-refractivity contribution in [1.29, 1.82) is 0 Å². The Labute approximate surface area is 104 Å². The fourth-order valence-corrected chi connectivity index (χ4v) is 1.79. The first kappa shape index (κ1) is 12.4. The van der Waals surface area contributed by atoms with E-state index < -0.39 is 18.1 Å². The third kappa shape index (κ3) is 2.98. The van der Waals surface area contributed by atoms with E-state index in [1.54, 1.807) is 24.3 Å². The van der Waals surface area contributed by atoms with Crippen LogP contribution in [0.5, 0.6) is 0 Å². The van der Waals surface area contributed by atoms with E-state index in [1.807, 2.05) is 6.07 Å². The standard InChI is InChI=1S/C12H14N2O4/c15-11(16)10(8-4-2-1-3-5-8)13-6-9-7-14-12(17)18-9/h1-5,9-10,13H,6-7H2,(H,14,17)(H,15,16). The fourth-order valence-electron chi connectivity index (χ4n) is 1.79. The SMILES string of the molecule is O=C1NCC(CNC(C(=O)O)c2ccccc2)O1. The molecule has 1 saturated heterocycles. The average molecular weight is 250 g/mol. The van der Waals surface area contributed by atoms with E-state index in [2.05, 4.69) is 10.6 Å². The maximum Gasteiger partial charge on any atom is 0.407 e. The lowest BCUT2D eigenvalue weighted by Gasteiger charge is -2.16. The monoisotopic (exact) mass is 250 g/mol. The quantitative estimate of drug-likeness (QED) is 0.708. The second kappa shape index (κ2) is 5.50. The predicted octanol–water partition coefficient (Wildman–Crippen LogP) is 0.510. The molecule has 1 aliphatic heterocycles. The van der Waals surface area contributed by atoms with Gasteiger partial charge in [0, 0.05) is 6.54 Å². The van der Waals surface area contributed by atoms with E-state index in [4.69, 9.17) is 9.84 Å². The molecule has 2 atom stereocenters. The number of nitrogens with one attached hydrogen (secondary N) is 2. The van der Waals surface area contributed by atoms with Crippen LogP contribution in [0.4, 0.5) is 4.79 Å². The van der Waals surface area contributed by atoms with E-state index in [1.165, 1.54) is 0 Å². The first-order valence-electron chi connectivity index (χ1n) is 5.62. The summed E-state index contributed by atoms with van der Waals surface area (Å²) in [5.74, 6) is -0.960. The topological polar surface area (TPSA) is 87.7 Å². The number of rotatable bonds is 5. The van der Waals surface area contributed by atoms with Gasteiger partial charge >= 0.3 is 12.1 Å². The number of aliphatic carboxylic acids is 1. The minimum atomic E-state index is -0.960. The number of carbonyl (C=O) groups excluding carboxylic acids is 1. The van der Waals surface area contributed by atoms with E-state index >= 15 is 0 Å². The van der Waals surface area contributed by atoms with Gasteiger partial charge in [-0.05, 0) is 5.56 Å². The number of carboxylic acid groups (broad SMARTS) is 1. The van der Waals surface area contributed by atoms with Crippen LogP contribution in [0.15, 0.2) is 30.3 Å². The minimum absolute atomic E-state index is 0.296. The number of hydrogen-bond acceptors (Lipinski definition) is 4. The third-order valence-corrected chi connectivity index (χ3v) is 2.68. The van der Waals surface area contributed by atoms with Crippen LogP contribution in [0, 0.1) is 0 Å². The zero-order chi connectivity index (χ0) is 13.0. The molecule has 1 heterocycles. The van der Waals surface area contributed by atoms with Gasteiger partial charge in [-0.15, -0.1) is 0 Å². The molecule has 0 spiro atoms. The van der Waals surface area contributed by atoms with Gasteiger partial charge in [0.1, 0.15) is 12.1 Å². The highest BCUT2D eigenvalue weighted by Gasteiger charge is 2.25. The molecular weight excluding hydrogens is 236 g/mol. The molecule has 0 radical (unpaired) electrons. The molecule has 1 aliphatic rings. The molecule has 18 heavy (non-hydrogen) atoms. The van der Waals surface area contributed by atoms with Crippen LogP contribution in [0.25, 0.3) is 0 Å². The van der Waals surface area contributed by atoms with Crippen molar-refractivity contribution in [2.45, 2.75) is 12.1 Å². The van der Waals surface area contributed by atoms with Crippen molar-refractivity contribution in [1.82, 2.24) is 10.6 Å². The highest BCUT2D eigenvalue weighted by molar-refractivity contribution is 5.75. The highest BCUT2D eigenvalue weighted by atomic mass is 16.6. The highest BCUT2D eigenvalue weighted by Crippen LogP contribution is 2.13. The number of hydrogen-bond donors (Lipinski definition) is 3. The molecule has 0 aromatic heterocycles. The Hall–Kier alpha value is -2.08. The van der Waals surface area contributed by atoms with E-state index in [0.29, 0.717) is 18.7 Å². The zero-order valence-corrected chi connectivity index (χ0v) is 9.63. The van der Waals surface area contributed by atoms with Gasteiger partial charge in [0.15, 0.2) is 0 Å². The molecule has 1 aromatic rings. The Bertz CT molecular complexity index is 435. The third-order valence-electron chi connectivity index (χ3n) is 2.68. The molecule has 1 amide bonds. The smallest absolute Gasteiger partial charge is 0.407 e. The summed E-state index contributed by atoms with van der Waals surface area (Å²) >= 11 is 0. The summed E-state index contributed by atoms with van der Waals surface area (Å²) < 4.78 is 4.92. The molecule has 2 unspecified atom stereocenters. The maximum absolute atomic E-state index is 11.2. The van der Waals surface area contributed by atoms with Crippen LogP contribution in [0.2, 0.25) is 0 Å². The minimum Gasteiger partial charge on any atom is -0.480 e. The first-order chi connectivity index (χ1) is 8.66. The Morgan fingerprint density at radius 3 is 2.78 bits per heavy atom. The number of carboxylic acids is 1. The van der Waals surface area contributed by atoms with Gasteiger partial charge in [-0.25, -0.2) is 4.79 Å². The van der Waals surface area contributed by atoms with Gasteiger partial charge in [0.25, 0.3) is 0 Å². The lowest BCUT2D eigenvalue weighted by atomic mass is 10.1. The van der Waals surface area contributed by atoms with Gasteiger partial charge in [-0.2, -0.15) is 0 Å². The molecule has 2 rings (SSSR count). The van der Waals surface area contributed by atoms with Crippen molar-refractivity contribution >= 4 is 12.1 Å². The number of benzene rings is 1. The maximum atomic E-state index is 11.2. The molecule has 0 bridgehead atoms. The summed E-state index contributed by atoms with van der Waals surface area (Å²) in [6.45, 7) is 0.692. The summed E-state index contributed by atoms with van der Waals surface area (Å²) in [6, 6.07) is 8.07. The molecule has 0 aliphatic carbocycles. The lowest BCUT2D eigenvalue weighted by molar-refractivity contribution is -0.139. The van der Waals surface area contributed by atoms with Gasteiger partial charge in [0.2, 0.25) is 0 Å². The zero-order valence-electron chi connectivity index (χ0n) is 9.63. The Kier molecular flexibility index (Phi) is 3.78. The van der Waals surface area contributed by atoms with Crippen molar-refractivity contribution in [3.05, 3.63) is 35.9 Å². The van der Waals surface area contributed by atoms with Crippen LogP contribution in [0.1, 0.15) is 11.6 Å². The summed E-state index contributed by atoms with van der Waals surface area (Å²) in [7, 11) is 0. The van der Waals surface area contributed by atoms with Crippen LogP contribution in [0.3, 0.4) is 0 Å². The Morgan fingerprint density at radius 1 is 1.50 bits per heavy atom. The Morgan fingerprint density at radius 2 is 2.22 bits per heavy atom. The van der Waals surface area contributed by atoms with Gasteiger partial charge < -0.3 is 15.2 Å². The first-order valence-corrected chi connectivity index (χ1v) is 5.62. The number of alkyl carbamates (subject to hydrolysis) is 1. The Balaban J connectivity index is 1.95. The number of amides is 1. The normalized spacial score (nSPS) is 20.0. The molecule has 0 saturated carbocycles. The summed E-state index contributed by atoms with van der Waals surface area (Å²) in [6.07, 6.45) is -0.795. The average Bonchev–Trinajstić information content (AvgIpc) is 2.76. The van der Waals surface area contributed by atoms with Crippen LogP contribution in [-0.2, 0) is 9.53 Å². The van der Waals surface area contributed by atoms with Gasteiger partial charge in [-0.3, -0.25) is 10.1 Å². The molecule has 1 aromatic carbocycles. The molecule has 3 N–H and O–H groups in total. The van der Waals surface area contributed by atoms with Crippen LogP contribution < -0.4 is 10.6 Å².